The van der Waals surface area contributed by atoms with Crippen LogP contribution in [-0.2, 0) is 15.3 Å². The van der Waals surface area contributed by atoms with Crippen LogP contribution in [0.15, 0.2) is 51.5 Å². The Morgan fingerprint density at radius 1 is 1.21 bits per heavy atom. The van der Waals surface area contributed by atoms with Gasteiger partial charge in [0.15, 0.2) is 10.3 Å². The van der Waals surface area contributed by atoms with E-state index in [0.717, 1.165) is 5.69 Å². The molecule has 0 spiro atoms. The van der Waals surface area contributed by atoms with Crippen LogP contribution in [-0.4, -0.2) is 43.1 Å². The standard InChI is InChI=1S/C18H19N5O3S2/c1-3-26-16(25)11-28-18-22-21-14(23(18)13-7-5-4-6-8-13)10-27-17-19-12(2)9-15(24)20-17/h4-9H,3,10-11H2,1-2H3,(H,19,20,24). The number of aromatic amines is 1. The maximum Gasteiger partial charge on any atom is 0.316 e. The van der Waals surface area contributed by atoms with Gasteiger partial charge in [0.2, 0.25) is 0 Å². The van der Waals surface area contributed by atoms with E-state index in [-0.39, 0.29) is 17.3 Å². The van der Waals surface area contributed by atoms with Crippen LogP contribution in [0.25, 0.3) is 5.69 Å². The molecule has 146 valence electrons. The Hall–Kier alpha value is -2.59. The van der Waals surface area contributed by atoms with Crippen molar-refractivity contribution in [3.63, 3.8) is 0 Å². The molecule has 0 amide bonds. The molecule has 0 bridgehead atoms. The molecule has 0 aliphatic rings. The zero-order valence-electron chi connectivity index (χ0n) is 15.4. The second-order valence-electron chi connectivity index (χ2n) is 5.64. The third-order valence-corrected chi connectivity index (χ3v) is 5.30. The van der Waals surface area contributed by atoms with E-state index in [2.05, 4.69) is 20.2 Å². The second kappa shape index (κ2) is 9.56. The van der Waals surface area contributed by atoms with Crippen LogP contribution in [0, 0.1) is 6.92 Å². The Labute approximate surface area is 170 Å². The molecular weight excluding hydrogens is 398 g/mol. The van der Waals surface area contributed by atoms with Gasteiger partial charge >= 0.3 is 5.97 Å². The highest BCUT2D eigenvalue weighted by Gasteiger charge is 2.17. The number of nitrogens with one attached hydrogen (secondary N) is 1. The molecule has 3 aromatic rings. The van der Waals surface area contributed by atoms with Crippen molar-refractivity contribution in [3.05, 3.63) is 58.3 Å². The van der Waals surface area contributed by atoms with E-state index in [4.69, 9.17) is 4.74 Å². The SMILES string of the molecule is CCOC(=O)CSc1nnc(CSc2nc(C)cc(=O)[nH]2)n1-c1ccccc1. The number of hydrogen-bond acceptors (Lipinski definition) is 8. The number of benzene rings is 1. The summed E-state index contributed by atoms with van der Waals surface area (Å²) in [5.41, 5.74) is 1.35. The number of para-hydroxylation sites is 1. The largest absolute Gasteiger partial charge is 0.465 e. The first-order valence-electron chi connectivity index (χ1n) is 8.55. The van der Waals surface area contributed by atoms with E-state index in [1.165, 1.54) is 29.6 Å². The van der Waals surface area contributed by atoms with Crippen molar-refractivity contribution in [2.24, 2.45) is 0 Å². The Kier molecular flexibility index (Phi) is 6.88. The Balaban J connectivity index is 1.84. The molecule has 1 aromatic carbocycles. The summed E-state index contributed by atoms with van der Waals surface area (Å²) in [6.45, 7) is 3.89. The molecule has 0 fully saturated rings. The minimum atomic E-state index is -0.299. The number of rotatable bonds is 8. The normalized spacial score (nSPS) is 10.8. The Bertz CT molecular complexity index is 1000. The number of H-pyrrole nitrogens is 1. The first-order chi connectivity index (χ1) is 13.6. The van der Waals surface area contributed by atoms with Gasteiger partial charge in [-0.1, -0.05) is 41.7 Å². The van der Waals surface area contributed by atoms with E-state index >= 15 is 0 Å². The molecule has 0 radical (unpaired) electrons. The summed E-state index contributed by atoms with van der Waals surface area (Å²) in [4.78, 5) is 30.4. The number of carbonyl (C=O) groups excluding carboxylic acids is 1. The molecule has 10 heteroatoms. The minimum absolute atomic E-state index is 0.151. The van der Waals surface area contributed by atoms with Crippen molar-refractivity contribution in [1.82, 2.24) is 24.7 Å². The van der Waals surface area contributed by atoms with Crippen molar-refractivity contribution in [2.75, 3.05) is 12.4 Å². The van der Waals surface area contributed by atoms with E-state index in [9.17, 15) is 9.59 Å². The molecule has 8 nitrogen and oxygen atoms in total. The number of thioether (sulfide) groups is 2. The molecule has 3 rings (SSSR count). The summed E-state index contributed by atoms with van der Waals surface area (Å²) in [6, 6.07) is 11.1. The summed E-state index contributed by atoms with van der Waals surface area (Å²) in [6.07, 6.45) is 0. The van der Waals surface area contributed by atoms with Gasteiger partial charge in [0, 0.05) is 17.4 Å². The summed E-state index contributed by atoms with van der Waals surface area (Å²) in [5.74, 6) is 0.992. The van der Waals surface area contributed by atoms with Crippen LogP contribution in [0.4, 0.5) is 0 Å². The first-order valence-corrected chi connectivity index (χ1v) is 10.5. The number of hydrogen-bond donors (Lipinski definition) is 1. The summed E-state index contributed by atoms with van der Waals surface area (Å²) in [5, 5.41) is 9.63. The van der Waals surface area contributed by atoms with Crippen LogP contribution in [0.2, 0.25) is 0 Å². The monoisotopic (exact) mass is 417 g/mol. The number of nitrogens with zero attached hydrogens (tertiary/aromatic N) is 4. The molecule has 0 aliphatic heterocycles. The highest BCUT2D eigenvalue weighted by Crippen LogP contribution is 2.25. The molecular formula is C18H19N5O3S2. The average Bonchev–Trinajstić information content (AvgIpc) is 3.08. The van der Waals surface area contributed by atoms with Crippen LogP contribution in [0.1, 0.15) is 18.4 Å². The van der Waals surface area contributed by atoms with E-state index in [0.29, 0.717) is 34.2 Å². The topological polar surface area (TPSA) is 103 Å². The smallest absolute Gasteiger partial charge is 0.316 e. The van der Waals surface area contributed by atoms with Crippen molar-refractivity contribution in [1.29, 1.82) is 0 Å². The third-order valence-electron chi connectivity index (χ3n) is 3.53. The van der Waals surface area contributed by atoms with Gasteiger partial charge in [0.1, 0.15) is 5.82 Å². The number of ether oxygens (including phenoxy) is 1. The molecule has 2 heterocycles. The predicted molar refractivity (Wildman–Crippen MR) is 108 cm³/mol. The average molecular weight is 418 g/mol. The molecule has 0 aliphatic carbocycles. The fourth-order valence-electron chi connectivity index (χ4n) is 2.40. The lowest BCUT2D eigenvalue weighted by molar-refractivity contribution is -0.139. The maximum atomic E-state index is 11.7. The van der Waals surface area contributed by atoms with Crippen LogP contribution < -0.4 is 5.56 Å². The quantitative estimate of drug-likeness (QED) is 0.339. The molecule has 0 atom stereocenters. The van der Waals surface area contributed by atoms with Gasteiger partial charge in [-0.05, 0) is 26.0 Å². The van der Waals surface area contributed by atoms with Gasteiger partial charge in [0.25, 0.3) is 5.56 Å². The van der Waals surface area contributed by atoms with Crippen LogP contribution >= 0.6 is 23.5 Å². The zero-order chi connectivity index (χ0) is 19.9. The van der Waals surface area contributed by atoms with E-state index in [1.54, 1.807) is 13.8 Å². The van der Waals surface area contributed by atoms with Crippen molar-refractivity contribution in [2.45, 2.75) is 29.9 Å². The van der Waals surface area contributed by atoms with Crippen molar-refractivity contribution in [3.8, 4) is 5.69 Å². The molecule has 0 unspecified atom stereocenters. The van der Waals surface area contributed by atoms with Gasteiger partial charge in [-0.25, -0.2) is 4.98 Å². The highest BCUT2D eigenvalue weighted by molar-refractivity contribution is 7.99. The molecule has 28 heavy (non-hydrogen) atoms. The van der Waals surface area contributed by atoms with Gasteiger partial charge < -0.3 is 9.72 Å². The summed E-state index contributed by atoms with van der Waals surface area (Å²) in [7, 11) is 0. The van der Waals surface area contributed by atoms with Crippen molar-refractivity contribution >= 4 is 29.5 Å². The van der Waals surface area contributed by atoms with E-state index < -0.39 is 0 Å². The van der Waals surface area contributed by atoms with Gasteiger partial charge in [-0.3, -0.25) is 14.2 Å². The van der Waals surface area contributed by atoms with Gasteiger partial charge in [0.05, 0.1) is 18.1 Å². The highest BCUT2D eigenvalue weighted by atomic mass is 32.2. The molecule has 0 saturated carbocycles. The lowest BCUT2D eigenvalue weighted by Crippen LogP contribution is -2.09. The van der Waals surface area contributed by atoms with Crippen LogP contribution in [0.3, 0.4) is 0 Å². The molecule has 2 aromatic heterocycles. The Morgan fingerprint density at radius 2 is 2.00 bits per heavy atom. The molecule has 1 N–H and O–H groups in total. The molecule has 0 saturated heterocycles. The predicted octanol–water partition coefficient (Wildman–Crippen LogP) is 2.61. The summed E-state index contributed by atoms with van der Waals surface area (Å²) >= 11 is 2.64. The number of carbonyl (C=O) groups is 1. The van der Waals surface area contributed by atoms with Crippen molar-refractivity contribution < 1.29 is 9.53 Å². The fraction of sp³-hybridized carbons (Fsp3) is 0.278. The number of esters is 1. The second-order valence-corrected chi connectivity index (χ2v) is 7.55. The van der Waals surface area contributed by atoms with Gasteiger partial charge in [-0.2, -0.15) is 0 Å². The lowest BCUT2D eigenvalue weighted by atomic mass is 10.3. The lowest BCUT2D eigenvalue weighted by Gasteiger charge is -2.10. The zero-order valence-corrected chi connectivity index (χ0v) is 17.0. The van der Waals surface area contributed by atoms with Gasteiger partial charge in [-0.15, -0.1) is 10.2 Å². The van der Waals surface area contributed by atoms with Crippen LogP contribution in [0.5, 0.6) is 0 Å². The first kappa shape index (κ1) is 20.2. The fourth-order valence-corrected chi connectivity index (χ4v) is 4.01. The summed E-state index contributed by atoms with van der Waals surface area (Å²) < 4.78 is 6.87. The minimum Gasteiger partial charge on any atom is -0.465 e. The third kappa shape index (κ3) is 5.23. The maximum absolute atomic E-state index is 11.7. The Morgan fingerprint density at radius 3 is 2.71 bits per heavy atom. The van der Waals surface area contributed by atoms with E-state index in [1.807, 2.05) is 34.9 Å². The number of aromatic nitrogens is 5. The number of aryl methyl sites for hydroxylation is 1.